The summed E-state index contributed by atoms with van der Waals surface area (Å²) >= 11 is 0. The molecule has 0 aliphatic heterocycles. The van der Waals surface area contributed by atoms with E-state index in [1.165, 1.54) is 12.8 Å². The summed E-state index contributed by atoms with van der Waals surface area (Å²) in [6.45, 7) is 2.14. The zero-order valence-electron chi connectivity index (χ0n) is 10.2. The van der Waals surface area contributed by atoms with E-state index >= 15 is 0 Å². The molecule has 2 saturated carbocycles. The molecule has 2 fully saturated rings. The fourth-order valence-corrected chi connectivity index (χ4v) is 2.52. The molecule has 92 valence electrons. The molecule has 0 N–H and O–H groups in total. The van der Waals surface area contributed by atoms with Crippen molar-refractivity contribution in [2.24, 2.45) is 5.92 Å². The molecule has 0 saturated heterocycles. The van der Waals surface area contributed by atoms with Crippen molar-refractivity contribution in [3.8, 4) is 0 Å². The van der Waals surface area contributed by atoms with Crippen LogP contribution in [0.5, 0.6) is 0 Å². The van der Waals surface area contributed by atoms with Crippen LogP contribution in [0, 0.1) is 5.92 Å². The van der Waals surface area contributed by atoms with Gasteiger partial charge in [-0.25, -0.2) is 0 Å². The Balaban J connectivity index is 1.64. The lowest BCUT2D eigenvalue weighted by atomic mass is 10.0. The van der Waals surface area contributed by atoms with Gasteiger partial charge in [-0.05, 0) is 25.7 Å². The summed E-state index contributed by atoms with van der Waals surface area (Å²) in [4.78, 5) is 16.3. The first-order valence-corrected chi connectivity index (χ1v) is 6.53. The highest BCUT2D eigenvalue weighted by molar-refractivity contribution is 5.82. The van der Waals surface area contributed by atoms with E-state index in [1.807, 2.05) is 0 Å². The first-order valence-electron chi connectivity index (χ1n) is 6.53. The van der Waals surface area contributed by atoms with Crippen LogP contribution in [0.2, 0.25) is 0 Å². The maximum absolute atomic E-state index is 12.0. The second kappa shape index (κ2) is 3.93. The zero-order chi connectivity index (χ0) is 11.9. The van der Waals surface area contributed by atoms with Gasteiger partial charge in [0.15, 0.2) is 5.82 Å². The van der Waals surface area contributed by atoms with Gasteiger partial charge in [-0.3, -0.25) is 4.79 Å². The molecular weight excluding hydrogens is 216 g/mol. The van der Waals surface area contributed by atoms with Crippen molar-refractivity contribution in [3.05, 3.63) is 11.7 Å². The summed E-state index contributed by atoms with van der Waals surface area (Å²) in [5.74, 6) is 1.80. The lowest BCUT2D eigenvalue weighted by Gasteiger charge is -2.04. The third kappa shape index (κ3) is 2.13. The highest BCUT2D eigenvalue weighted by Crippen LogP contribution is 2.45. The normalized spacial score (nSPS) is 22.9. The molecule has 4 heteroatoms. The monoisotopic (exact) mass is 234 g/mol. The third-order valence-electron chi connectivity index (χ3n) is 4.14. The van der Waals surface area contributed by atoms with E-state index in [0.29, 0.717) is 12.3 Å². The van der Waals surface area contributed by atoms with Crippen molar-refractivity contribution in [2.45, 2.75) is 57.3 Å². The molecule has 0 bridgehead atoms. The molecule has 0 amide bonds. The average molecular weight is 234 g/mol. The number of hydrogen-bond acceptors (Lipinski definition) is 4. The molecule has 0 atom stereocenters. The van der Waals surface area contributed by atoms with Gasteiger partial charge in [-0.2, -0.15) is 4.98 Å². The molecule has 1 aromatic rings. The number of rotatable bonds is 4. The standard InChI is InChI=1S/C13H18N2O2/c1-13(6-7-13)12-14-11(17-15-12)8-10(16)9-4-2-3-5-9/h9H,2-8H2,1H3. The van der Waals surface area contributed by atoms with Gasteiger partial charge < -0.3 is 4.52 Å². The van der Waals surface area contributed by atoms with Crippen LogP contribution >= 0.6 is 0 Å². The van der Waals surface area contributed by atoms with Gasteiger partial charge in [-0.1, -0.05) is 24.9 Å². The number of Topliss-reactive ketones (excluding diaryl/α,β-unsaturated/α-hetero) is 1. The number of carbonyl (C=O) groups excluding carboxylic acids is 1. The quantitative estimate of drug-likeness (QED) is 0.802. The van der Waals surface area contributed by atoms with Crippen molar-refractivity contribution in [2.75, 3.05) is 0 Å². The number of carbonyl (C=O) groups is 1. The zero-order valence-corrected chi connectivity index (χ0v) is 10.2. The first-order chi connectivity index (χ1) is 8.17. The second-order valence-electron chi connectivity index (χ2n) is 5.70. The fourth-order valence-electron chi connectivity index (χ4n) is 2.52. The van der Waals surface area contributed by atoms with Crippen LogP contribution in [0.25, 0.3) is 0 Å². The van der Waals surface area contributed by atoms with E-state index in [0.717, 1.165) is 31.5 Å². The van der Waals surface area contributed by atoms with E-state index < -0.39 is 0 Å². The van der Waals surface area contributed by atoms with E-state index in [-0.39, 0.29) is 17.1 Å². The van der Waals surface area contributed by atoms with E-state index in [1.54, 1.807) is 0 Å². The van der Waals surface area contributed by atoms with Crippen LogP contribution in [-0.4, -0.2) is 15.9 Å². The molecule has 1 heterocycles. The van der Waals surface area contributed by atoms with Crippen molar-refractivity contribution >= 4 is 5.78 Å². The van der Waals surface area contributed by atoms with Crippen LogP contribution in [0.15, 0.2) is 4.52 Å². The van der Waals surface area contributed by atoms with Crippen LogP contribution in [0.4, 0.5) is 0 Å². The summed E-state index contributed by atoms with van der Waals surface area (Å²) in [6.07, 6.45) is 7.03. The maximum atomic E-state index is 12.0. The molecule has 1 aromatic heterocycles. The molecule has 3 rings (SSSR count). The predicted molar refractivity (Wildman–Crippen MR) is 61.6 cm³/mol. The van der Waals surface area contributed by atoms with Gasteiger partial charge in [0, 0.05) is 11.3 Å². The van der Waals surface area contributed by atoms with Crippen LogP contribution in [0.1, 0.15) is 57.2 Å². The van der Waals surface area contributed by atoms with Crippen molar-refractivity contribution < 1.29 is 9.32 Å². The van der Waals surface area contributed by atoms with Gasteiger partial charge in [0.2, 0.25) is 5.89 Å². The largest absolute Gasteiger partial charge is 0.339 e. The minimum Gasteiger partial charge on any atom is -0.339 e. The Kier molecular flexibility index (Phi) is 2.53. The lowest BCUT2D eigenvalue weighted by Crippen LogP contribution is -2.13. The Morgan fingerprint density at radius 1 is 1.41 bits per heavy atom. The van der Waals surface area contributed by atoms with Crippen LogP contribution in [0.3, 0.4) is 0 Å². The highest BCUT2D eigenvalue weighted by atomic mass is 16.5. The Morgan fingerprint density at radius 3 is 2.76 bits per heavy atom. The second-order valence-corrected chi connectivity index (χ2v) is 5.70. The Morgan fingerprint density at radius 2 is 2.12 bits per heavy atom. The van der Waals surface area contributed by atoms with Gasteiger partial charge in [-0.15, -0.1) is 0 Å². The van der Waals surface area contributed by atoms with Gasteiger partial charge in [0.25, 0.3) is 0 Å². The maximum Gasteiger partial charge on any atom is 0.234 e. The topological polar surface area (TPSA) is 56.0 Å². The van der Waals surface area contributed by atoms with Crippen LogP contribution < -0.4 is 0 Å². The summed E-state index contributed by atoms with van der Waals surface area (Å²) in [5.41, 5.74) is 0.123. The van der Waals surface area contributed by atoms with Gasteiger partial charge in [0.05, 0.1) is 6.42 Å². The Labute approximate surface area is 101 Å². The van der Waals surface area contributed by atoms with Crippen molar-refractivity contribution in [1.29, 1.82) is 0 Å². The number of nitrogens with zero attached hydrogens (tertiary/aromatic N) is 2. The predicted octanol–water partition coefficient (Wildman–Crippen LogP) is 2.42. The average Bonchev–Trinajstić information content (AvgIpc) is 2.79. The molecule has 0 spiro atoms. The smallest absolute Gasteiger partial charge is 0.234 e. The number of ketones is 1. The Hall–Kier alpha value is -1.19. The lowest BCUT2D eigenvalue weighted by molar-refractivity contribution is -0.122. The SMILES string of the molecule is CC1(c2noc(CC(=O)C3CCCC3)n2)CC1. The first kappa shape index (κ1) is 10.9. The fraction of sp³-hybridized carbons (Fsp3) is 0.769. The number of hydrogen-bond donors (Lipinski definition) is 0. The summed E-state index contributed by atoms with van der Waals surface area (Å²) in [5, 5.41) is 3.99. The van der Waals surface area contributed by atoms with Gasteiger partial charge in [0.1, 0.15) is 5.78 Å². The van der Waals surface area contributed by atoms with Gasteiger partial charge >= 0.3 is 0 Å². The molecular formula is C13H18N2O2. The van der Waals surface area contributed by atoms with Crippen LogP contribution in [-0.2, 0) is 16.6 Å². The molecule has 0 aromatic carbocycles. The molecule has 2 aliphatic carbocycles. The summed E-state index contributed by atoms with van der Waals surface area (Å²) in [6, 6.07) is 0. The minimum absolute atomic E-state index is 0.123. The molecule has 17 heavy (non-hydrogen) atoms. The molecule has 0 radical (unpaired) electrons. The number of aromatic nitrogens is 2. The molecule has 4 nitrogen and oxygen atoms in total. The molecule has 0 unspecified atom stereocenters. The van der Waals surface area contributed by atoms with E-state index in [4.69, 9.17) is 4.52 Å². The van der Waals surface area contributed by atoms with Crippen molar-refractivity contribution in [1.82, 2.24) is 10.1 Å². The van der Waals surface area contributed by atoms with E-state index in [9.17, 15) is 4.79 Å². The third-order valence-corrected chi connectivity index (χ3v) is 4.14. The van der Waals surface area contributed by atoms with Crippen molar-refractivity contribution in [3.63, 3.8) is 0 Å². The Bertz CT molecular complexity index is 428. The highest BCUT2D eigenvalue weighted by Gasteiger charge is 2.43. The van der Waals surface area contributed by atoms with E-state index in [2.05, 4.69) is 17.1 Å². The summed E-state index contributed by atoms with van der Waals surface area (Å²) in [7, 11) is 0. The molecule has 2 aliphatic rings. The minimum atomic E-state index is 0.123. The summed E-state index contributed by atoms with van der Waals surface area (Å²) < 4.78 is 5.18.